The number of nitrogens with zero attached hydrogens (tertiary/aromatic N) is 1. The first-order valence-electron chi connectivity index (χ1n) is 4.80. The Morgan fingerprint density at radius 3 is 2.07 bits per heavy atom. The highest BCUT2D eigenvalue weighted by molar-refractivity contribution is 5.55. The molecule has 1 nitrogen and oxygen atoms in total. The number of anilines is 1. The fourth-order valence-corrected chi connectivity index (χ4v) is 1.63. The molecule has 0 N–H and O–H groups in total. The molecule has 0 bridgehead atoms. The van der Waals surface area contributed by atoms with Crippen molar-refractivity contribution in [2.45, 2.75) is 26.2 Å². The lowest BCUT2D eigenvalue weighted by molar-refractivity contribution is 0.523. The predicted octanol–water partition coefficient (Wildman–Crippen LogP) is 3.19. The van der Waals surface area contributed by atoms with E-state index in [1.54, 1.807) is 6.07 Å². The van der Waals surface area contributed by atoms with Crippen molar-refractivity contribution >= 4 is 5.69 Å². The molecule has 0 aromatic heterocycles. The Morgan fingerprint density at radius 1 is 1.14 bits per heavy atom. The minimum Gasteiger partial charge on any atom is -0.377 e. The summed E-state index contributed by atoms with van der Waals surface area (Å²) in [7, 11) is 3.87. The molecule has 0 amide bonds. The summed E-state index contributed by atoms with van der Waals surface area (Å²) >= 11 is 0. The summed E-state index contributed by atoms with van der Waals surface area (Å²) in [6.45, 7) is 6.08. The molecule has 78 valence electrons. The van der Waals surface area contributed by atoms with Gasteiger partial charge >= 0.3 is 0 Å². The van der Waals surface area contributed by atoms with Gasteiger partial charge in [0.25, 0.3) is 0 Å². The van der Waals surface area contributed by atoms with Crippen LogP contribution in [0.5, 0.6) is 0 Å². The molecule has 0 saturated carbocycles. The number of hydrogen-bond donors (Lipinski definition) is 0. The van der Waals surface area contributed by atoms with E-state index in [1.165, 1.54) is 6.07 Å². The highest BCUT2D eigenvalue weighted by Gasteiger charge is 2.22. The molecule has 0 spiro atoms. The van der Waals surface area contributed by atoms with Crippen LogP contribution in [0.2, 0.25) is 0 Å². The second-order valence-corrected chi connectivity index (χ2v) is 4.78. The van der Waals surface area contributed by atoms with E-state index >= 15 is 0 Å². The first-order valence-corrected chi connectivity index (χ1v) is 4.80. The van der Waals surface area contributed by atoms with E-state index in [9.17, 15) is 4.39 Å². The van der Waals surface area contributed by atoms with Gasteiger partial charge in [0.05, 0.1) is 0 Å². The lowest BCUT2D eigenvalue weighted by atomic mass is 9.85. The van der Waals surface area contributed by atoms with Gasteiger partial charge in [0.1, 0.15) is 5.82 Å². The van der Waals surface area contributed by atoms with E-state index < -0.39 is 0 Å². The Bertz CT molecular complexity index is 324. The van der Waals surface area contributed by atoms with E-state index in [-0.39, 0.29) is 11.2 Å². The second-order valence-electron chi connectivity index (χ2n) is 4.78. The Hall–Kier alpha value is -1.05. The summed E-state index contributed by atoms with van der Waals surface area (Å²) in [5.74, 6) is -0.122. The van der Waals surface area contributed by atoms with E-state index in [1.807, 2.05) is 45.8 Å². The number of rotatable bonds is 1. The van der Waals surface area contributed by atoms with Gasteiger partial charge in [-0.2, -0.15) is 0 Å². The Labute approximate surface area is 85.5 Å². The molecule has 0 aliphatic carbocycles. The molecule has 1 rings (SSSR count). The van der Waals surface area contributed by atoms with Crippen molar-refractivity contribution in [3.8, 4) is 0 Å². The average molecular weight is 195 g/mol. The van der Waals surface area contributed by atoms with Gasteiger partial charge in [0.15, 0.2) is 0 Å². The summed E-state index contributed by atoms with van der Waals surface area (Å²) in [6, 6.07) is 5.22. The maximum atomic E-state index is 13.7. The van der Waals surface area contributed by atoms with Crippen LogP contribution in [0.4, 0.5) is 10.1 Å². The third-order valence-electron chi connectivity index (χ3n) is 2.22. The maximum Gasteiger partial charge on any atom is 0.129 e. The van der Waals surface area contributed by atoms with Crippen molar-refractivity contribution in [3.05, 3.63) is 29.6 Å². The van der Waals surface area contributed by atoms with Gasteiger partial charge in [-0.3, -0.25) is 0 Å². The highest BCUT2D eigenvalue weighted by atomic mass is 19.1. The van der Waals surface area contributed by atoms with Gasteiger partial charge in [0, 0.05) is 25.3 Å². The van der Waals surface area contributed by atoms with Gasteiger partial charge in [-0.15, -0.1) is 0 Å². The molecule has 0 saturated heterocycles. The lowest BCUT2D eigenvalue weighted by Crippen LogP contribution is -2.20. The van der Waals surface area contributed by atoms with E-state index in [0.717, 1.165) is 11.3 Å². The second kappa shape index (κ2) is 3.60. The van der Waals surface area contributed by atoms with Gasteiger partial charge < -0.3 is 4.90 Å². The zero-order chi connectivity index (χ0) is 10.9. The van der Waals surface area contributed by atoms with Crippen LogP contribution in [0.1, 0.15) is 26.3 Å². The van der Waals surface area contributed by atoms with E-state index in [2.05, 4.69) is 0 Å². The minimum atomic E-state index is -0.162. The van der Waals surface area contributed by atoms with Crippen molar-refractivity contribution in [2.75, 3.05) is 19.0 Å². The van der Waals surface area contributed by atoms with Gasteiger partial charge in [0.2, 0.25) is 0 Å². The van der Waals surface area contributed by atoms with E-state index in [4.69, 9.17) is 0 Å². The largest absolute Gasteiger partial charge is 0.377 e. The van der Waals surface area contributed by atoms with Crippen molar-refractivity contribution in [1.82, 2.24) is 0 Å². The first-order chi connectivity index (χ1) is 6.34. The molecular formula is C12H18FN. The third kappa shape index (κ3) is 2.06. The Morgan fingerprint density at radius 2 is 1.71 bits per heavy atom. The molecule has 14 heavy (non-hydrogen) atoms. The summed E-state index contributed by atoms with van der Waals surface area (Å²) in [5, 5.41) is 0. The normalized spacial score (nSPS) is 11.6. The van der Waals surface area contributed by atoms with Crippen LogP contribution in [-0.2, 0) is 5.41 Å². The molecule has 0 fully saturated rings. The molecule has 0 radical (unpaired) electrons. The van der Waals surface area contributed by atoms with Crippen LogP contribution >= 0.6 is 0 Å². The standard InChI is InChI=1S/C12H18FN/c1-12(2,3)11-9(13)7-6-8-10(11)14(4)5/h6-8H,1-5H3. The topological polar surface area (TPSA) is 3.24 Å². The van der Waals surface area contributed by atoms with Gasteiger partial charge in [-0.1, -0.05) is 26.8 Å². The Balaban J connectivity index is 3.38. The lowest BCUT2D eigenvalue weighted by Gasteiger charge is -2.26. The summed E-state index contributed by atoms with van der Waals surface area (Å²) < 4.78 is 13.7. The molecular weight excluding hydrogens is 177 g/mol. The van der Waals surface area contributed by atoms with Gasteiger partial charge in [-0.25, -0.2) is 4.39 Å². The monoisotopic (exact) mass is 195 g/mol. The molecule has 2 heteroatoms. The zero-order valence-electron chi connectivity index (χ0n) is 9.56. The predicted molar refractivity (Wildman–Crippen MR) is 59.4 cm³/mol. The molecule has 0 aliphatic heterocycles. The van der Waals surface area contributed by atoms with Crippen LogP contribution in [0.25, 0.3) is 0 Å². The SMILES string of the molecule is CN(C)c1cccc(F)c1C(C)(C)C. The van der Waals surface area contributed by atoms with Crippen LogP contribution < -0.4 is 4.90 Å². The highest BCUT2D eigenvalue weighted by Crippen LogP contribution is 2.33. The molecule has 0 unspecified atom stereocenters. The molecule has 1 aromatic carbocycles. The fraction of sp³-hybridized carbons (Fsp3) is 0.500. The Kier molecular flexibility index (Phi) is 2.84. The minimum absolute atomic E-state index is 0.122. The number of benzene rings is 1. The molecule has 0 aliphatic rings. The van der Waals surface area contributed by atoms with Crippen LogP contribution in [0, 0.1) is 5.82 Å². The molecule has 0 heterocycles. The average Bonchev–Trinajstić information content (AvgIpc) is 2.01. The summed E-state index contributed by atoms with van der Waals surface area (Å²) in [6.07, 6.45) is 0. The quantitative estimate of drug-likeness (QED) is 0.665. The number of halogens is 1. The van der Waals surface area contributed by atoms with Crippen molar-refractivity contribution in [2.24, 2.45) is 0 Å². The summed E-state index contributed by atoms with van der Waals surface area (Å²) in [4.78, 5) is 1.95. The molecule has 0 atom stereocenters. The summed E-state index contributed by atoms with van der Waals surface area (Å²) in [5.41, 5.74) is 1.58. The fourth-order valence-electron chi connectivity index (χ4n) is 1.63. The van der Waals surface area contributed by atoms with E-state index in [0.29, 0.717) is 0 Å². The zero-order valence-corrected chi connectivity index (χ0v) is 9.56. The van der Waals surface area contributed by atoms with Crippen molar-refractivity contribution < 1.29 is 4.39 Å². The van der Waals surface area contributed by atoms with Gasteiger partial charge in [-0.05, 0) is 17.5 Å². The first kappa shape index (κ1) is 11.0. The smallest absolute Gasteiger partial charge is 0.129 e. The molecule has 1 aromatic rings. The van der Waals surface area contributed by atoms with Crippen LogP contribution in [-0.4, -0.2) is 14.1 Å². The van der Waals surface area contributed by atoms with Crippen LogP contribution in [0.15, 0.2) is 18.2 Å². The number of hydrogen-bond acceptors (Lipinski definition) is 1. The van der Waals surface area contributed by atoms with Crippen molar-refractivity contribution in [1.29, 1.82) is 0 Å². The maximum absolute atomic E-state index is 13.7. The third-order valence-corrected chi connectivity index (χ3v) is 2.22. The van der Waals surface area contributed by atoms with Crippen LogP contribution in [0.3, 0.4) is 0 Å². The van der Waals surface area contributed by atoms with Crippen molar-refractivity contribution in [3.63, 3.8) is 0 Å².